The summed E-state index contributed by atoms with van der Waals surface area (Å²) in [6.45, 7) is 0.863. The van der Waals surface area contributed by atoms with Gasteiger partial charge in [0, 0.05) is 32.9 Å². The Labute approximate surface area is 153 Å². The van der Waals surface area contributed by atoms with Crippen molar-refractivity contribution in [3.8, 4) is 5.75 Å². The highest BCUT2D eigenvalue weighted by molar-refractivity contribution is 5.90. The number of amides is 2. The van der Waals surface area contributed by atoms with Gasteiger partial charge in [-0.25, -0.2) is 0 Å². The van der Waals surface area contributed by atoms with Crippen molar-refractivity contribution in [2.45, 2.75) is 12.5 Å². The van der Waals surface area contributed by atoms with Crippen LogP contribution in [0.1, 0.15) is 18.0 Å². The second-order valence-electron chi connectivity index (χ2n) is 6.47. The minimum Gasteiger partial charge on any atom is -0.492 e. The van der Waals surface area contributed by atoms with Gasteiger partial charge in [-0.15, -0.1) is 0 Å². The summed E-state index contributed by atoms with van der Waals surface area (Å²) >= 11 is 0. The largest absolute Gasteiger partial charge is 0.492 e. The number of ether oxygens (including phenoxy) is 1. The maximum absolute atomic E-state index is 12.9. The third-order valence-electron chi connectivity index (χ3n) is 4.74. The van der Waals surface area contributed by atoms with Crippen LogP contribution in [0.4, 0.5) is 0 Å². The molecule has 2 aromatic rings. The molecule has 1 aliphatic heterocycles. The average Bonchev–Trinajstić information content (AvgIpc) is 2.97. The van der Waals surface area contributed by atoms with E-state index in [-0.39, 0.29) is 24.3 Å². The lowest BCUT2D eigenvalue weighted by Gasteiger charge is -2.27. The summed E-state index contributed by atoms with van der Waals surface area (Å²) in [5.74, 6) is 0.301. The molecule has 136 valence electrons. The van der Waals surface area contributed by atoms with E-state index in [2.05, 4.69) is 4.98 Å². The van der Waals surface area contributed by atoms with Crippen molar-refractivity contribution in [3.63, 3.8) is 0 Å². The van der Waals surface area contributed by atoms with E-state index in [1.807, 2.05) is 42.5 Å². The van der Waals surface area contributed by atoms with Crippen molar-refractivity contribution >= 4 is 11.8 Å². The number of pyridine rings is 1. The summed E-state index contributed by atoms with van der Waals surface area (Å²) in [5.41, 5.74) is 0.883. The smallest absolute Gasteiger partial charge is 0.228 e. The van der Waals surface area contributed by atoms with Crippen LogP contribution >= 0.6 is 0 Å². The topological polar surface area (TPSA) is 62.7 Å². The van der Waals surface area contributed by atoms with Gasteiger partial charge in [-0.05, 0) is 23.8 Å². The van der Waals surface area contributed by atoms with E-state index < -0.39 is 5.92 Å². The molecule has 2 amide bonds. The van der Waals surface area contributed by atoms with E-state index in [4.69, 9.17) is 4.74 Å². The molecule has 1 aromatic heterocycles. The molecule has 2 atom stereocenters. The lowest BCUT2D eigenvalue weighted by Crippen LogP contribution is -2.38. The Kier molecular flexibility index (Phi) is 5.51. The van der Waals surface area contributed by atoms with Crippen molar-refractivity contribution in [2.75, 3.05) is 27.2 Å². The predicted octanol–water partition coefficient (Wildman–Crippen LogP) is 2.14. The predicted molar refractivity (Wildman–Crippen MR) is 97.4 cm³/mol. The Balaban J connectivity index is 1.64. The van der Waals surface area contributed by atoms with E-state index in [0.29, 0.717) is 13.2 Å². The second-order valence-corrected chi connectivity index (χ2v) is 6.47. The van der Waals surface area contributed by atoms with E-state index in [1.54, 1.807) is 36.3 Å². The Bertz CT molecular complexity index is 751. The fourth-order valence-electron chi connectivity index (χ4n) is 3.31. The molecule has 1 saturated heterocycles. The molecule has 0 bridgehead atoms. The SMILES string of the molecule is CN(CCOc1ccccc1)C(=O)C1CC(=O)N(C)C1c1cccnc1. The van der Waals surface area contributed by atoms with Crippen LogP contribution in [-0.4, -0.2) is 53.8 Å². The van der Waals surface area contributed by atoms with Crippen LogP contribution in [0, 0.1) is 5.92 Å². The molecule has 0 aliphatic carbocycles. The maximum atomic E-state index is 12.9. The van der Waals surface area contributed by atoms with E-state index in [1.165, 1.54) is 0 Å². The van der Waals surface area contributed by atoms with Crippen molar-refractivity contribution in [3.05, 3.63) is 60.4 Å². The first kappa shape index (κ1) is 17.9. The molecular formula is C20H23N3O3. The standard InChI is InChI=1S/C20H23N3O3/c1-22(11-12-26-16-8-4-3-5-9-16)20(25)17-13-18(24)23(2)19(17)15-7-6-10-21-14-15/h3-10,14,17,19H,11-13H2,1-2H3. The normalized spacial score (nSPS) is 19.5. The van der Waals surface area contributed by atoms with Gasteiger partial charge >= 0.3 is 0 Å². The molecule has 6 heteroatoms. The molecule has 0 N–H and O–H groups in total. The summed E-state index contributed by atoms with van der Waals surface area (Å²) in [6.07, 6.45) is 3.63. The molecule has 1 fully saturated rings. The highest BCUT2D eigenvalue weighted by Crippen LogP contribution is 2.37. The minimum atomic E-state index is -0.404. The number of para-hydroxylation sites is 1. The van der Waals surface area contributed by atoms with Crippen molar-refractivity contribution < 1.29 is 14.3 Å². The number of hydrogen-bond donors (Lipinski definition) is 0. The van der Waals surface area contributed by atoms with Crippen LogP contribution in [0.2, 0.25) is 0 Å². The number of likely N-dealkylation sites (N-methyl/N-ethyl adjacent to an activating group) is 1. The summed E-state index contributed by atoms with van der Waals surface area (Å²) in [5, 5.41) is 0. The first-order valence-electron chi connectivity index (χ1n) is 8.66. The van der Waals surface area contributed by atoms with Crippen LogP contribution in [0.3, 0.4) is 0 Å². The highest BCUT2D eigenvalue weighted by Gasteiger charge is 2.43. The number of aromatic nitrogens is 1. The lowest BCUT2D eigenvalue weighted by molar-refractivity contribution is -0.135. The fourth-order valence-corrected chi connectivity index (χ4v) is 3.31. The molecule has 26 heavy (non-hydrogen) atoms. The Morgan fingerprint density at radius 2 is 2.04 bits per heavy atom. The first-order valence-corrected chi connectivity index (χ1v) is 8.66. The molecule has 3 rings (SSSR count). The van der Waals surface area contributed by atoms with Gasteiger partial charge in [-0.3, -0.25) is 14.6 Å². The molecule has 1 aliphatic rings. The average molecular weight is 353 g/mol. The van der Waals surface area contributed by atoms with Gasteiger partial charge in [0.15, 0.2) is 0 Å². The van der Waals surface area contributed by atoms with Gasteiger partial charge in [0.05, 0.1) is 18.5 Å². The summed E-state index contributed by atoms with van der Waals surface area (Å²) in [6, 6.07) is 13.0. The number of nitrogens with zero attached hydrogens (tertiary/aromatic N) is 3. The molecule has 0 radical (unpaired) electrons. The van der Waals surface area contributed by atoms with E-state index >= 15 is 0 Å². The highest BCUT2D eigenvalue weighted by atomic mass is 16.5. The maximum Gasteiger partial charge on any atom is 0.228 e. The van der Waals surface area contributed by atoms with E-state index in [9.17, 15) is 9.59 Å². The quantitative estimate of drug-likeness (QED) is 0.798. The van der Waals surface area contributed by atoms with Crippen LogP contribution in [-0.2, 0) is 9.59 Å². The van der Waals surface area contributed by atoms with Crippen LogP contribution in [0.25, 0.3) is 0 Å². The van der Waals surface area contributed by atoms with Gasteiger partial charge < -0.3 is 14.5 Å². The number of likely N-dealkylation sites (tertiary alicyclic amines) is 1. The summed E-state index contributed by atoms with van der Waals surface area (Å²) in [4.78, 5) is 32.6. The number of hydrogen-bond acceptors (Lipinski definition) is 4. The molecule has 0 spiro atoms. The molecule has 2 heterocycles. The molecule has 6 nitrogen and oxygen atoms in total. The van der Waals surface area contributed by atoms with Crippen LogP contribution < -0.4 is 4.74 Å². The van der Waals surface area contributed by atoms with Crippen molar-refractivity contribution in [2.24, 2.45) is 5.92 Å². The van der Waals surface area contributed by atoms with Gasteiger partial charge in [0.2, 0.25) is 11.8 Å². The fraction of sp³-hybridized carbons (Fsp3) is 0.350. The minimum absolute atomic E-state index is 0.0221. The zero-order chi connectivity index (χ0) is 18.5. The van der Waals surface area contributed by atoms with Gasteiger partial charge in [0.1, 0.15) is 12.4 Å². The Morgan fingerprint density at radius 1 is 1.27 bits per heavy atom. The molecule has 2 unspecified atom stereocenters. The number of carbonyl (C=O) groups excluding carboxylic acids is 2. The zero-order valence-electron chi connectivity index (χ0n) is 15.0. The van der Waals surface area contributed by atoms with Crippen molar-refractivity contribution in [1.82, 2.24) is 14.8 Å². The first-order chi connectivity index (χ1) is 12.6. The van der Waals surface area contributed by atoms with Crippen molar-refractivity contribution in [1.29, 1.82) is 0 Å². The zero-order valence-corrected chi connectivity index (χ0v) is 15.0. The molecule has 1 aromatic carbocycles. The van der Waals surface area contributed by atoms with E-state index in [0.717, 1.165) is 11.3 Å². The van der Waals surface area contributed by atoms with Crippen LogP contribution in [0.5, 0.6) is 5.75 Å². The molecule has 0 saturated carbocycles. The Hall–Kier alpha value is -2.89. The third kappa shape index (κ3) is 3.85. The number of rotatable bonds is 6. The van der Waals surface area contributed by atoms with Gasteiger partial charge in [0.25, 0.3) is 0 Å². The monoisotopic (exact) mass is 353 g/mol. The molecular weight excluding hydrogens is 330 g/mol. The summed E-state index contributed by atoms with van der Waals surface area (Å²) in [7, 11) is 3.49. The number of benzene rings is 1. The lowest BCUT2D eigenvalue weighted by atomic mass is 9.93. The Morgan fingerprint density at radius 3 is 2.73 bits per heavy atom. The van der Waals surface area contributed by atoms with Gasteiger partial charge in [-0.2, -0.15) is 0 Å². The number of carbonyl (C=O) groups is 2. The second kappa shape index (κ2) is 7.99. The van der Waals surface area contributed by atoms with Crippen LogP contribution in [0.15, 0.2) is 54.9 Å². The van der Waals surface area contributed by atoms with Gasteiger partial charge in [-0.1, -0.05) is 24.3 Å². The third-order valence-corrected chi connectivity index (χ3v) is 4.74. The summed E-state index contributed by atoms with van der Waals surface area (Å²) < 4.78 is 5.66.